The van der Waals surface area contributed by atoms with E-state index >= 15 is 0 Å². The molecular weight excluding hydrogens is 263 g/mol. The van der Waals surface area contributed by atoms with E-state index in [1.165, 1.54) is 19.2 Å². The highest BCUT2D eigenvalue weighted by Gasteiger charge is 2.19. The number of hydrogen-bond donors (Lipinski definition) is 1. The molecule has 84 valence electrons. The van der Waals surface area contributed by atoms with Crippen molar-refractivity contribution in [2.45, 2.75) is 20.0 Å². The molecule has 1 N–H and O–H groups in total. The lowest BCUT2D eigenvalue weighted by molar-refractivity contribution is 0.123. The molecule has 4 heteroatoms. The lowest BCUT2D eigenvalue weighted by Crippen LogP contribution is -2.08. The number of methoxy groups -OCH3 is 1. The molecule has 0 aromatic heterocycles. The summed E-state index contributed by atoms with van der Waals surface area (Å²) in [5.41, 5.74) is 0.472. The highest BCUT2D eigenvalue weighted by atomic mass is 79.9. The molecule has 0 aliphatic carbocycles. The summed E-state index contributed by atoms with van der Waals surface area (Å²) in [4.78, 5) is 0. The Morgan fingerprint density at radius 2 is 2.00 bits per heavy atom. The molecule has 0 aliphatic rings. The molecule has 0 amide bonds. The van der Waals surface area contributed by atoms with Gasteiger partial charge in [-0.1, -0.05) is 13.8 Å². The average Bonchev–Trinajstić information content (AvgIpc) is 2.15. The van der Waals surface area contributed by atoms with Crippen LogP contribution >= 0.6 is 15.9 Å². The fourth-order valence-corrected chi connectivity index (χ4v) is 1.98. The minimum Gasteiger partial charge on any atom is -0.495 e. The molecule has 0 aliphatic heterocycles. The van der Waals surface area contributed by atoms with Crippen LogP contribution in [-0.2, 0) is 0 Å². The highest BCUT2D eigenvalue weighted by molar-refractivity contribution is 9.10. The summed E-state index contributed by atoms with van der Waals surface area (Å²) < 4.78 is 18.8. The first-order chi connectivity index (χ1) is 6.97. The first-order valence-corrected chi connectivity index (χ1v) is 5.47. The second-order valence-corrected chi connectivity index (χ2v) is 4.55. The number of aliphatic hydroxyl groups is 1. The third kappa shape index (κ3) is 2.69. The molecule has 0 bridgehead atoms. The van der Waals surface area contributed by atoms with Crippen molar-refractivity contribution in [3.05, 3.63) is 28.0 Å². The summed E-state index contributed by atoms with van der Waals surface area (Å²) in [6.07, 6.45) is -0.730. The van der Waals surface area contributed by atoms with Crippen molar-refractivity contribution >= 4 is 15.9 Å². The van der Waals surface area contributed by atoms with Crippen LogP contribution in [0.1, 0.15) is 25.5 Å². The predicted octanol–water partition coefficient (Wildman–Crippen LogP) is 3.29. The van der Waals surface area contributed by atoms with Gasteiger partial charge in [0.15, 0.2) is 0 Å². The van der Waals surface area contributed by atoms with Crippen molar-refractivity contribution in [3.63, 3.8) is 0 Å². The van der Waals surface area contributed by atoms with E-state index in [1.54, 1.807) is 0 Å². The second-order valence-electron chi connectivity index (χ2n) is 3.70. The van der Waals surface area contributed by atoms with Crippen LogP contribution in [0, 0.1) is 11.7 Å². The molecule has 2 nitrogen and oxygen atoms in total. The van der Waals surface area contributed by atoms with E-state index < -0.39 is 11.9 Å². The molecule has 1 rings (SSSR count). The van der Waals surface area contributed by atoms with Crippen LogP contribution in [0.4, 0.5) is 4.39 Å². The number of benzene rings is 1. The predicted molar refractivity (Wildman–Crippen MR) is 60.4 cm³/mol. The van der Waals surface area contributed by atoms with Gasteiger partial charge in [-0.05, 0) is 34.0 Å². The van der Waals surface area contributed by atoms with Crippen LogP contribution in [-0.4, -0.2) is 12.2 Å². The van der Waals surface area contributed by atoms with Crippen LogP contribution in [0.3, 0.4) is 0 Å². The molecule has 1 atom stereocenters. The number of aliphatic hydroxyl groups excluding tert-OH is 1. The number of ether oxygens (including phenoxy) is 1. The lowest BCUT2D eigenvalue weighted by Gasteiger charge is -2.18. The summed E-state index contributed by atoms with van der Waals surface area (Å²) in [7, 11) is 1.49. The minimum absolute atomic E-state index is 0.00704. The monoisotopic (exact) mass is 276 g/mol. The normalized spacial score (nSPS) is 13.0. The molecular formula is C11H14BrFO2. The molecule has 1 aromatic carbocycles. The van der Waals surface area contributed by atoms with Gasteiger partial charge in [0.05, 0.1) is 17.7 Å². The van der Waals surface area contributed by atoms with E-state index in [-0.39, 0.29) is 5.92 Å². The van der Waals surface area contributed by atoms with Crippen molar-refractivity contribution in [1.82, 2.24) is 0 Å². The van der Waals surface area contributed by atoms with Gasteiger partial charge in [-0.2, -0.15) is 0 Å². The van der Waals surface area contributed by atoms with Gasteiger partial charge in [0, 0.05) is 5.56 Å². The zero-order valence-corrected chi connectivity index (χ0v) is 10.5. The van der Waals surface area contributed by atoms with Gasteiger partial charge in [0.2, 0.25) is 0 Å². The maximum absolute atomic E-state index is 13.2. The van der Waals surface area contributed by atoms with Crippen LogP contribution in [0.2, 0.25) is 0 Å². The Labute approximate surface area is 97.2 Å². The highest BCUT2D eigenvalue weighted by Crippen LogP contribution is 2.36. The molecule has 1 unspecified atom stereocenters. The summed E-state index contributed by atoms with van der Waals surface area (Å²) in [6.45, 7) is 3.73. The van der Waals surface area contributed by atoms with Crippen LogP contribution < -0.4 is 4.74 Å². The molecule has 0 saturated heterocycles. The van der Waals surface area contributed by atoms with Gasteiger partial charge in [0.25, 0.3) is 0 Å². The van der Waals surface area contributed by atoms with Gasteiger partial charge in [-0.25, -0.2) is 4.39 Å². The van der Waals surface area contributed by atoms with Crippen molar-refractivity contribution < 1.29 is 14.2 Å². The van der Waals surface area contributed by atoms with Crippen molar-refractivity contribution in [3.8, 4) is 5.75 Å². The third-order valence-electron chi connectivity index (χ3n) is 2.19. The standard InChI is InChI=1S/C11H14BrFO2/c1-6(2)10(14)8-4-7(13)5-9(12)11(8)15-3/h4-6,10,14H,1-3H3. The number of hydrogen-bond acceptors (Lipinski definition) is 2. The Bertz CT molecular complexity index is 353. The van der Waals surface area contributed by atoms with E-state index in [0.717, 1.165) is 0 Å². The molecule has 0 spiro atoms. The Morgan fingerprint density at radius 3 is 2.47 bits per heavy atom. The van der Waals surface area contributed by atoms with E-state index in [0.29, 0.717) is 15.8 Å². The second kappa shape index (κ2) is 4.94. The zero-order chi connectivity index (χ0) is 11.6. The van der Waals surface area contributed by atoms with Gasteiger partial charge in [-0.3, -0.25) is 0 Å². The van der Waals surface area contributed by atoms with Gasteiger partial charge in [0.1, 0.15) is 11.6 Å². The summed E-state index contributed by atoms with van der Waals surface area (Å²) in [5.74, 6) is 0.0996. The van der Waals surface area contributed by atoms with Crippen molar-refractivity contribution in [2.75, 3.05) is 7.11 Å². The first-order valence-electron chi connectivity index (χ1n) is 4.68. The maximum atomic E-state index is 13.2. The summed E-state index contributed by atoms with van der Waals surface area (Å²) >= 11 is 3.20. The molecule has 0 radical (unpaired) electrons. The van der Waals surface area contributed by atoms with E-state index in [4.69, 9.17) is 4.74 Å². The van der Waals surface area contributed by atoms with E-state index in [1.807, 2.05) is 13.8 Å². The molecule has 1 aromatic rings. The smallest absolute Gasteiger partial charge is 0.139 e. The Morgan fingerprint density at radius 1 is 1.40 bits per heavy atom. The van der Waals surface area contributed by atoms with Gasteiger partial charge in [-0.15, -0.1) is 0 Å². The first kappa shape index (κ1) is 12.5. The van der Waals surface area contributed by atoms with Crippen molar-refractivity contribution in [2.24, 2.45) is 5.92 Å². The third-order valence-corrected chi connectivity index (χ3v) is 2.78. The fraction of sp³-hybridized carbons (Fsp3) is 0.455. The van der Waals surface area contributed by atoms with Crippen LogP contribution in [0.25, 0.3) is 0 Å². The van der Waals surface area contributed by atoms with E-state index in [2.05, 4.69) is 15.9 Å². The Kier molecular flexibility index (Phi) is 4.11. The minimum atomic E-state index is -0.730. The van der Waals surface area contributed by atoms with Gasteiger partial charge >= 0.3 is 0 Å². The number of halogens is 2. The summed E-state index contributed by atoms with van der Waals surface area (Å²) in [5, 5.41) is 9.89. The van der Waals surface area contributed by atoms with E-state index in [9.17, 15) is 9.50 Å². The molecule has 0 saturated carbocycles. The zero-order valence-electron chi connectivity index (χ0n) is 8.92. The lowest BCUT2D eigenvalue weighted by atomic mass is 9.98. The Hall–Kier alpha value is -0.610. The van der Waals surface area contributed by atoms with Gasteiger partial charge < -0.3 is 9.84 Å². The van der Waals surface area contributed by atoms with Crippen LogP contribution in [0.5, 0.6) is 5.75 Å². The molecule has 0 heterocycles. The SMILES string of the molecule is COc1c(Br)cc(F)cc1C(O)C(C)C. The molecule has 15 heavy (non-hydrogen) atoms. The largest absolute Gasteiger partial charge is 0.495 e. The maximum Gasteiger partial charge on any atom is 0.139 e. The summed E-state index contributed by atoms with van der Waals surface area (Å²) in [6, 6.07) is 2.61. The Balaban J connectivity index is 3.26. The topological polar surface area (TPSA) is 29.5 Å². The molecule has 0 fully saturated rings. The average molecular weight is 277 g/mol. The fourth-order valence-electron chi connectivity index (χ4n) is 1.37. The van der Waals surface area contributed by atoms with Crippen molar-refractivity contribution in [1.29, 1.82) is 0 Å². The van der Waals surface area contributed by atoms with Crippen LogP contribution in [0.15, 0.2) is 16.6 Å². The quantitative estimate of drug-likeness (QED) is 0.918. The number of rotatable bonds is 3.